The minimum Gasteiger partial charge on any atom is -0.487 e. The summed E-state index contributed by atoms with van der Waals surface area (Å²) in [5.41, 5.74) is 2.93. The summed E-state index contributed by atoms with van der Waals surface area (Å²) in [5.74, 6) is 1.20. The summed E-state index contributed by atoms with van der Waals surface area (Å²) in [6.45, 7) is 2.10. The molecule has 4 aromatic rings. The summed E-state index contributed by atoms with van der Waals surface area (Å²) in [6.07, 6.45) is 0. The van der Waals surface area contributed by atoms with Gasteiger partial charge in [-0.1, -0.05) is 42.5 Å². The summed E-state index contributed by atoms with van der Waals surface area (Å²) in [6, 6.07) is 24.6. The molecule has 1 heterocycles. The van der Waals surface area contributed by atoms with Crippen LogP contribution in [0, 0.1) is 6.92 Å². The molecule has 0 saturated carbocycles. The Kier molecular flexibility index (Phi) is 6.51. The molecule has 0 aliphatic rings. The molecule has 32 heavy (non-hydrogen) atoms. The molecule has 0 bridgehead atoms. The third-order valence-corrected chi connectivity index (χ3v) is 4.91. The van der Waals surface area contributed by atoms with Crippen molar-refractivity contribution >= 4 is 16.9 Å². The van der Waals surface area contributed by atoms with Crippen LogP contribution in [0.3, 0.4) is 0 Å². The van der Waals surface area contributed by atoms with Crippen molar-refractivity contribution in [3.63, 3.8) is 0 Å². The summed E-state index contributed by atoms with van der Waals surface area (Å²) in [5, 5.41) is 1.09. The molecule has 6 nitrogen and oxygen atoms in total. The van der Waals surface area contributed by atoms with E-state index in [2.05, 4.69) is 4.98 Å². The Balaban J connectivity index is 1.36. The molecule has 6 heteroatoms. The van der Waals surface area contributed by atoms with E-state index < -0.39 is 5.97 Å². The number of methoxy groups -OCH3 is 1. The minimum absolute atomic E-state index is 0.0663. The zero-order valence-electron chi connectivity index (χ0n) is 17.9. The average molecular weight is 429 g/mol. The summed E-state index contributed by atoms with van der Waals surface area (Å²) in [4.78, 5) is 16.6. The molecule has 0 unspecified atom stereocenters. The van der Waals surface area contributed by atoms with E-state index in [0.29, 0.717) is 29.4 Å². The van der Waals surface area contributed by atoms with Gasteiger partial charge in [-0.05, 0) is 42.8 Å². The Morgan fingerprint density at radius 2 is 1.62 bits per heavy atom. The number of rotatable bonds is 8. The molecular formula is C26H23NO5. The SMILES string of the molecule is COC(=O)c1c(C)cccc1OCOc1cccc(OCc2ccc3ccccc3n2)c1. The lowest BCUT2D eigenvalue weighted by atomic mass is 10.1. The van der Waals surface area contributed by atoms with Crippen LogP contribution in [0.2, 0.25) is 0 Å². The minimum atomic E-state index is -0.448. The Morgan fingerprint density at radius 3 is 2.47 bits per heavy atom. The van der Waals surface area contributed by atoms with Gasteiger partial charge in [-0.2, -0.15) is 0 Å². The second-order valence-corrected chi connectivity index (χ2v) is 7.10. The van der Waals surface area contributed by atoms with E-state index in [1.54, 1.807) is 12.1 Å². The number of ether oxygens (including phenoxy) is 4. The van der Waals surface area contributed by atoms with Gasteiger partial charge in [-0.15, -0.1) is 0 Å². The van der Waals surface area contributed by atoms with Gasteiger partial charge in [-0.25, -0.2) is 9.78 Å². The molecule has 0 atom stereocenters. The van der Waals surface area contributed by atoms with E-state index in [4.69, 9.17) is 18.9 Å². The fourth-order valence-corrected chi connectivity index (χ4v) is 3.29. The first-order valence-corrected chi connectivity index (χ1v) is 10.1. The molecule has 0 fully saturated rings. The van der Waals surface area contributed by atoms with Gasteiger partial charge < -0.3 is 18.9 Å². The number of carbonyl (C=O) groups excluding carboxylic acids is 1. The van der Waals surface area contributed by atoms with Crippen LogP contribution in [-0.4, -0.2) is 24.9 Å². The van der Waals surface area contributed by atoms with E-state index in [9.17, 15) is 4.79 Å². The van der Waals surface area contributed by atoms with E-state index in [1.807, 2.05) is 73.7 Å². The molecule has 0 aliphatic carbocycles. The number of aryl methyl sites for hydroxylation is 1. The molecule has 4 rings (SSSR count). The lowest BCUT2D eigenvalue weighted by Gasteiger charge is -2.13. The standard InChI is InChI=1S/C26H23NO5/c1-18-7-5-12-24(25(18)26(28)29-2)32-17-31-22-10-6-9-21(15-22)30-16-20-14-13-19-8-3-4-11-23(19)27-20/h3-15H,16-17H2,1-2H3. The molecule has 0 N–H and O–H groups in total. The average Bonchev–Trinajstić information content (AvgIpc) is 2.82. The van der Waals surface area contributed by atoms with Crippen molar-refractivity contribution in [3.05, 3.63) is 95.7 Å². The number of esters is 1. The smallest absolute Gasteiger partial charge is 0.341 e. The number of pyridine rings is 1. The van der Waals surface area contributed by atoms with Crippen molar-refractivity contribution in [3.8, 4) is 17.2 Å². The molecule has 0 spiro atoms. The van der Waals surface area contributed by atoms with Crippen LogP contribution in [0.25, 0.3) is 10.9 Å². The van der Waals surface area contributed by atoms with E-state index >= 15 is 0 Å². The Labute approximate surface area is 186 Å². The number of hydrogen-bond donors (Lipinski definition) is 0. The highest BCUT2D eigenvalue weighted by Gasteiger charge is 2.16. The van der Waals surface area contributed by atoms with E-state index in [0.717, 1.165) is 22.2 Å². The molecule has 0 radical (unpaired) electrons. The van der Waals surface area contributed by atoms with Crippen LogP contribution in [0.1, 0.15) is 21.6 Å². The third-order valence-electron chi connectivity index (χ3n) is 4.91. The number of hydrogen-bond acceptors (Lipinski definition) is 6. The first-order chi connectivity index (χ1) is 15.6. The number of benzene rings is 3. The van der Waals surface area contributed by atoms with Gasteiger partial charge in [0.15, 0.2) is 0 Å². The Hall–Kier alpha value is -4.06. The van der Waals surface area contributed by atoms with E-state index in [-0.39, 0.29) is 6.79 Å². The summed E-state index contributed by atoms with van der Waals surface area (Å²) in [7, 11) is 1.34. The predicted molar refractivity (Wildman–Crippen MR) is 121 cm³/mol. The number of para-hydroxylation sites is 1. The number of fused-ring (bicyclic) bond motifs is 1. The maximum atomic E-state index is 12.0. The largest absolute Gasteiger partial charge is 0.487 e. The van der Waals surface area contributed by atoms with Gasteiger partial charge in [0.25, 0.3) is 0 Å². The van der Waals surface area contributed by atoms with Gasteiger partial charge in [-0.3, -0.25) is 0 Å². The number of aromatic nitrogens is 1. The molecule has 0 aliphatic heterocycles. The van der Waals surface area contributed by atoms with Gasteiger partial charge in [0, 0.05) is 11.5 Å². The van der Waals surface area contributed by atoms with Crippen molar-refractivity contribution in [2.45, 2.75) is 13.5 Å². The fourth-order valence-electron chi connectivity index (χ4n) is 3.29. The van der Waals surface area contributed by atoms with Gasteiger partial charge in [0.2, 0.25) is 6.79 Å². The zero-order chi connectivity index (χ0) is 22.3. The molecular weight excluding hydrogens is 406 g/mol. The van der Waals surface area contributed by atoms with Crippen LogP contribution in [0.15, 0.2) is 78.9 Å². The first-order valence-electron chi connectivity index (χ1n) is 10.1. The maximum absolute atomic E-state index is 12.0. The topological polar surface area (TPSA) is 66.9 Å². The normalized spacial score (nSPS) is 10.6. The van der Waals surface area contributed by atoms with Crippen molar-refractivity contribution in [2.24, 2.45) is 0 Å². The van der Waals surface area contributed by atoms with Crippen molar-refractivity contribution in [1.82, 2.24) is 4.98 Å². The predicted octanol–water partition coefficient (Wildman–Crippen LogP) is 5.32. The fraction of sp³-hybridized carbons (Fsp3) is 0.154. The van der Waals surface area contributed by atoms with Crippen molar-refractivity contribution in [2.75, 3.05) is 13.9 Å². The Bertz CT molecular complexity index is 1240. The lowest BCUT2D eigenvalue weighted by Crippen LogP contribution is -2.11. The van der Waals surface area contributed by atoms with Crippen molar-refractivity contribution in [1.29, 1.82) is 0 Å². The lowest BCUT2D eigenvalue weighted by molar-refractivity contribution is 0.0586. The molecule has 3 aromatic carbocycles. The molecule has 0 amide bonds. The zero-order valence-corrected chi connectivity index (χ0v) is 17.9. The highest BCUT2D eigenvalue weighted by Crippen LogP contribution is 2.24. The van der Waals surface area contributed by atoms with Gasteiger partial charge >= 0.3 is 5.97 Å². The van der Waals surface area contributed by atoms with Crippen LogP contribution in [-0.2, 0) is 11.3 Å². The van der Waals surface area contributed by atoms with Crippen LogP contribution in [0.5, 0.6) is 17.2 Å². The summed E-state index contributed by atoms with van der Waals surface area (Å²) >= 11 is 0. The molecule has 162 valence electrons. The second-order valence-electron chi connectivity index (χ2n) is 7.10. The van der Waals surface area contributed by atoms with Gasteiger partial charge in [0.05, 0.1) is 18.3 Å². The first kappa shape index (κ1) is 21.2. The summed E-state index contributed by atoms with van der Waals surface area (Å²) < 4.78 is 22.1. The Morgan fingerprint density at radius 1 is 0.844 bits per heavy atom. The maximum Gasteiger partial charge on any atom is 0.341 e. The third kappa shape index (κ3) is 4.98. The van der Waals surface area contributed by atoms with Crippen molar-refractivity contribution < 1.29 is 23.7 Å². The number of carbonyl (C=O) groups is 1. The second kappa shape index (κ2) is 9.83. The van der Waals surface area contributed by atoms with Crippen LogP contribution >= 0.6 is 0 Å². The van der Waals surface area contributed by atoms with E-state index in [1.165, 1.54) is 7.11 Å². The van der Waals surface area contributed by atoms with Gasteiger partial charge in [0.1, 0.15) is 29.4 Å². The quantitative estimate of drug-likeness (QED) is 0.279. The molecule has 0 saturated heterocycles. The van der Waals surface area contributed by atoms with Crippen LogP contribution in [0.4, 0.5) is 0 Å². The highest BCUT2D eigenvalue weighted by molar-refractivity contribution is 5.94. The van der Waals surface area contributed by atoms with Crippen LogP contribution < -0.4 is 14.2 Å². The number of nitrogens with zero attached hydrogens (tertiary/aromatic N) is 1. The molecule has 1 aromatic heterocycles. The highest BCUT2D eigenvalue weighted by atomic mass is 16.7. The monoisotopic (exact) mass is 429 g/mol.